The average Bonchev–Trinajstić information content (AvgIpc) is 3.39. The van der Waals surface area contributed by atoms with E-state index in [2.05, 4.69) is 35.8 Å². The largest absolute Gasteiger partial charge is 0.493 e. The zero-order chi connectivity index (χ0) is 22.2. The van der Waals surface area contributed by atoms with E-state index in [1.165, 1.54) is 4.80 Å². The lowest BCUT2D eigenvalue weighted by Crippen LogP contribution is -2.31. The number of nitrogens with zero attached hydrogens (tertiary/aromatic N) is 5. The summed E-state index contributed by atoms with van der Waals surface area (Å²) in [6.45, 7) is 0.556. The third kappa shape index (κ3) is 3.44. The van der Waals surface area contributed by atoms with Crippen molar-refractivity contribution in [2.24, 2.45) is 7.05 Å². The summed E-state index contributed by atoms with van der Waals surface area (Å²) in [7, 11) is 3.27. The number of aryl methyl sites for hydroxylation is 1. The lowest BCUT2D eigenvalue weighted by Gasteiger charge is -2.16. The number of anilines is 2. The van der Waals surface area contributed by atoms with Crippen LogP contribution in [0.1, 0.15) is 16.1 Å². The van der Waals surface area contributed by atoms with Crippen LogP contribution in [0.5, 0.6) is 5.75 Å². The summed E-state index contributed by atoms with van der Waals surface area (Å²) in [6.07, 6.45) is 3.92. The molecular weight excluding hydrogens is 432 g/mol. The highest BCUT2D eigenvalue weighted by Crippen LogP contribution is 2.40. The Morgan fingerprint density at radius 3 is 2.91 bits per heavy atom. The maximum atomic E-state index is 12.8. The molecule has 0 bridgehead atoms. The maximum absolute atomic E-state index is 12.8. The molecule has 1 amide bonds. The molecule has 11 heteroatoms. The number of para-hydroxylation sites is 1. The number of fused-ring (bicyclic) bond motifs is 1. The van der Waals surface area contributed by atoms with E-state index in [-0.39, 0.29) is 5.91 Å². The van der Waals surface area contributed by atoms with Gasteiger partial charge in [0.05, 0.1) is 46.7 Å². The van der Waals surface area contributed by atoms with Crippen LogP contribution in [0.4, 0.5) is 11.4 Å². The minimum Gasteiger partial charge on any atom is -0.493 e. The molecule has 0 radical (unpaired) electrons. The van der Waals surface area contributed by atoms with E-state index < -0.39 is 0 Å². The number of benzene rings is 1. The van der Waals surface area contributed by atoms with Gasteiger partial charge in [-0.15, -0.1) is 0 Å². The first-order valence-corrected chi connectivity index (χ1v) is 10.3. The molecule has 0 spiro atoms. The van der Waals surface area contributed by atoms with Crippen LogP contribution in [-0.2, 0) is 13.5 Å². The number of nitrogens with one attached hydrogen (secondary N) is 3. The van der Waals surface area contributed by atoms with Gasteiger partial charge in [0, 0.05) is 31.9 Å². The maximum Gasteiger partial charge on any atom is 0.255 e. The quantitative estimate of drug-likeness (QED) is 0.427. The number of H-pyrrole nitrogens is 1. The van der Waals surface area contributed by atoms with Crippen molar-refractivity contribution in [1.29, 1.82) is 0 Å². The molecule has 0 unspecified atom stereocenters. The Balaban J connectivity index is 1.66. The van der Waals surface area contributed by atoms with Crippen LogP contribution in [0.25, 0.3) is 22.9 Å². The first kappa shape index (κ1) is 20.0. The van der Waals surface area contributed by atoms with Crippen molar-refractivity contribution in [2.75, 3.05) is 19.0 Å². The number of hydrogen-bond donors (Lipinski definition) is 3. The van der Waals surface area contributed by atoms with E-state index in [4.69, 9.17) is 16.3 Å². The highest BCUT2D eigenvalue weighted by atomic mass is 35.5. The fourth-order valence-corrected chi connectivity index (χ4v) is 3.97. The van der Waals surface area contributed by atoms with Crippen LogP contribution in [0.2, 0.25) is 5.02 Å². The third-order valence-electron chi connectivity index (χ3n) is 5.14. The Labute approximate surface area is 188 Å². The molecule has 5 rings (SSSR count). The topological polar surface area (TPSA) is 123 Å². The summed E-state index contributed by atoms with van der Waals surface area (Å²) < 4.78 is 5.47. The smallest absolute Gasteiger partial charge is 0.255 e. The number of aromatic nitrogens is 6. The first-order chi connectivity index (χ1) is 15.5. The van der Waals surface area contributed by atoms with Crippen LogP contribution in [0.15, 0.2) is 36.7 Å². The molecule has 10 nitrogen and oxygen atoms in total. The normalized spacial score (nSPS) is 12.9. The molecule has 3 aromatic heterocycles. The van der Waals surface area contributed by atoms with Crippen LogP contribution in [0.3, 0.4) is 0 Å². The zero-order valence-corrected chi connectivity index (χ0v) is 18.1. The fourth-order valence-electron chi connectivity index (χ4n) is 3.72. The van der Waals surface area contributed by atoms with Gasteiger partial charge in [0.15, 0.2) is 11.6 Å². The van der Waals surface area contributed by atoms with Crippen molar-refractivity contribution in [3.63, 3.8) is 0 Å². The molecule has 1 aliphatic heterocycles. The van der Waals surface area contributed by atoms with E-state index >= 15 is 0 Å². The summed E-state index contributed by atoms with van der Waals surface area (Å²) in [5.74, 6) is 0.744. The van der Waals surface area contributed by atoms with Gasteiger partial charge >= 0.3 is 0 Å². The van der Waals surface area contributed by atoms with Gasteiger partial charge in [-0.05, 0) is 18.2 Å². The number of hydrogen-bond acceptors (Lipinski definition) is 7. The molecule has 4 aromatic rings. The molecule has 4 heterocycles. The minimum absolute atomic E-state index is 0.166. The predicted octanol–water partition coefficient (Wildman–Crippen LogP) is 2.96. The minimum atomic E-state index is -0.166. The van der Waals surface area contributed by atoms with Gasteiger partial charge in [-0.3, -0.25) is 4.79 Å². The first-order valence-electron chi connectivity index (χ1n) is 9.88. The molecule has 0 atom stereocenters. The number of methoxy groups -OCH3 is 1. The Hall–Kier alpha value is -3.92. The van der Waals surface area contributed by atoms with Crippen molar-refractivity contribution in [3.8, 4) is 28.7 Å². The number of carbonyl (C=O) groups is 1. The van der Waals surface area contributed by atoms with Gasteiger partial charge in [-0.1, -0.05) is 17.7 Å². The highest BCUT2D eigenvalue weighted by Gasteiger charge is 2.28. The average molecular weight is 451 g/mol. The second-order valence-corrected chi connectivity index (χ2v) is 7.57. The van der Waals surface area contributed by atoms with Crippen molar-refractivity contribution in [2.45, 2.75) is 6.42 Å². The monoisotopic (exact) mass is 450 g/mol. The van der Waals surface area contributed by atoms with Crippen LogP contribution >= 0.6 is 11.6 Å². The Morgan fingerprint density at radius 2 is 2.12 bits per heavy atom. The van der Waals surface area contributed by atoms with E-state index in [1.54, 1.807) is 38.7 Å². The molecule has 0 saturated heterocycles. The molecule has 32 heavy (non-hydrogen) atoms. The summed E-state index contributed by atoms with van der Waals surface area (Å²) >= 11 is 6.30. The SMILES string of the molecule is COc1c(Cl)cccc1Nc1c(-c2ccnc(-c3cnn(C)n3)n2)[nH]c2c1C(=O)NCC2. The second kappa shape index (κ2) is 7.97. The van der Waals surface area contributed by atoms with E-state index in [0.29, 0.717) is 63.6 Å². The molecule has 1 aliphatic rings. The van der Waals surface area contributed by atoms with Gasteiger partial charge in [0.25, 0.3) is 5.91 Å². The second-order valence-electron chi connectivity index (χ2n) is 7.16. The molecule has 0 saturated carbocycles. The fraction of sp³-hybridized carbons (Fsp3) is 0.190. The summed E-state index contributed by atoms with van der Waals surface area (Å²) in [6, 6.07) is 7.15. The summed E-state index contributed by atoms with van der Waals surface area (Å²) in [5.41, 5.74) is 4.38. The molecule has 162 valence electrons. The standard InChI is InChI=1S/C21H19ClN8O2/c1-30-25-10-15(29-30)20-23-8-7-13(28-20)17-18(16-12(26-17)6-9-24-21(16)31)27-14-5-3-4-11(22)19(14)32-2/h3-5,7-8,10,26-27H,6,9H2,1-2H3,(H,24,31). The lowest BCUT2D eigenvalue weighted by molar-refractivity contribution is 0.0947. The number of rotatable bonds is 5. The summed E-state index contributed by atoms with van der Waals surface area (Å²) in [5, 5.41) is 15.1. The van der Waals surface area contributed by atoms with E-state index in [1.807, 2.05) is 12.1 Å². The van der Waals surface area contributed by atoms with Crippen molar-refractivity contribution in [3.05, 3.63) is 52.9 Å². The van der Waals surface area contributed by atoms with Gasteiger partial charge in [0.2, 0.25) is 0 Å². The molecule has 3 N–H and O–H groups in total. The lowest BCUT2D eigenvalue weighted by atomic mass is 10.1. The Bertz CT molecular complexity index is 1330. The number of aromatic amines is 1. The van der Waals surface area contributed by atoms with Crippen molar-refractivity contribution in [1.82, 2.24) is 35.3 Å². The molecule has 0 fully saturated rings. The van der Waals surface area contributed by atoms with Crippen LogP contribution < -0.4 is 15.4 Å². The van der Waals surface area contributed by atoms with Crippen molar-refractivity contribution >= 4 is 28.9 Å². The van der Waals surface area contributed by atoms with Gasteiger partial charge in [0.1, 0.15) is 5.69 Å². The number of halogens is 1. The Kier molecular flexibility index (Phi) is 4.98. The molecule has 0 aliphatic carbocycles. The van der Waals surface area contributed by atoms with Crippen LogP contribution in [0, 0.1) is 0 Å². The highest BCUT2D eigenvalue weighted by molar-refractivity contribution is 6.32. The van der Waals surface area contributed by atoms with Gasteiger partial charge in [-0.2, -0.15) is 15.0 Å². The Morgan fingerprint density at radius 1 is 1.25 bits per heavy atom. The number of carbonyl (C=O) groups excluding carboxylic acids is 1. The van der Waals surface area contributed by atoms with E-state index in [9.17, 15) is 4.79 Å². The molecule has 1 aromatic carbocycles. The van der Waals surface area contributed by atoms with Crippen molar-refractivity contribution < 1.29 is 9.53 Å². The number of ether oxygens (including phenoxy) is 1. The number of amides is 1. The zero-order valence-electron chi connectivity index (χ0n) is 17.3. The van der Waals surface area contributed by atoms with E-state index in [0.717, 1.165) is 5.69 Å². The summed E-state index contributed by atoms with van der Waals surface area (Å²) in [4.78, 5) is 26.6. The van der Waals surface area contributed by atoms with Gasteiger partial charge in [-0.25, -0.2) is 9.97 Å². The molecular formula is C21H19ClN8O2. The predicted molar refractivity (Wildman–Crippen MR) is 119 cm³/mol. The van der Waals surface area contributed by atoms with Crippen LogP contribution in [-0.4, -0.2) is 49.5 Å². The third-order valence-corrected chi connectivity index (χ3v) is 5.43. The van der Waals surface area contributed by atoms with Gasteiger partial charge < -0.3 is 20.4 Å².